The molecule has 0 aliphatic carbocycles. The van der Waals surface area contributed by atoms with E-state index in [4.69, 9.17) is 18.6 Å². The molecular weight excluding hydrogens is 288 g/mol. The lowest BCUT2D eigenvalue weighted by Gasteiger charge is -2.13. The van der Waals surface area contributed by atoms with Gasteiger partial charge in [-0.3, -0.25) is 4.79 Å². The minimum atomic E-state index is -0.687. The van der Waals surface area contributed by atoms with Crippen molar-refractivity contribution in [2.45, 2.75) is 26.7 Å². The number of unbranched alkanes of at least 4 members (excludes halogenated alkanes) is 1. The number of fused-ring (bicyclic) bond motifs is 1. The Hall–Kier alpha value is -2.50. The van der Waals surface area contributed by atoms with Gasteiger partial charge in [-0.15, -0.1) is 0 Å². The fourth-order valence-corrected chi connectivity index (χ4v) is 2.03. The molecule has 0 saturated carbocycles. The predicted molar refractivity (Wildman–Crippen MR) is 80.7 cm³/mol. The van der Waals surface area contributed by atoms with Gasteiger partial charge in [-0.2, -0.15) is 0 Å². The standard InChI is InChI=1S/C16H18O6/c1-4-5-9-20-15-14(21-10(2)17)13-11(19-3)7-6-8-12(13)22-16(15)18/h6-8H,4-5,9H2,1-3H3. The van der Waals surface area contributed by atoms with E-state index in [0.717, 1.165) is 12.8 Å². The summed E-state index contributed by atoms with van der Waals surface area (Å²) in [4.78, 5) is 23.5. The van der Waals surface area contributed by atoms with Crippen molar-refractivity contribution >= 4 is 16.9 Å². The number of ether oxygens (including phenoxy) is 3. The Morgan fingerprint density at radius 3 is 2.68 bits per heavy atom. The van der Waals surface area contributed by atoms with Crippen LogP contribution in [0.15, 0.2) is 27.4 Å². The molecule has 2 aromatic rings. The van der Waals surface area contributed by atoms with Crippen molar-refractivity contribution in [3.63, 3.8) is 0 Å². The zero-order valence-corrected chi connectivity index (χ0v) is 12.8. The van der Waals surface area contributed by atoms with Gasteiger partial charge in [0.05, 0.1) is 13.7 Å². The molecule has 1 aromatic heterocycles. The van der Waals surface area contributed by atoms with E-state index in [0.29, 0.717) is 17.7 Å². The molecule has 0 saturated heterocycles. The smallest absolute Gasteiger partial charge is 0.383 e. The van der Waals surface area contributed by atoms with Crippen molar-refractivity contribution in [1.82, 2.24) is 0 Å². The number of hydrogen-bond donors (Lipinski definition) is 0. The first kappa shape index (κ1) is 15.9. The molecule has 0 bridgehead atoms. The SMILES string of the molecule is CCCCOc1c(OC(C)=O)c2c(OC)cccc2oc1=O. The van der Waals surface area contributed by atoms with Gasteiger partial charge in [0, 0.05) is 6.92 Å². The monoisotopic (exact) mass is 306 g/mol. The summed E-state index contributed by atoms with van der Waals surface area (Å²) in [7, 11) is 1.48. The van der Waals surface area contributed by atoms with Gasteiger partial charge in [-0.25, -0.2) is 4.79 Å². The first-order chi connectivity index (χ1) is 10.6. The zero-order valence-electron chi connectivity index (χ0n) is 12.8. The molecule has 2 rings (SSSR count). The van der Waals surface area contributed by atoms with Gasteiger partial charge >= 0.3 is 11.6 Å². The lowest BCUT2D eigenvalue weighted by molar-refractivity contribution is -0.131. The van der Waals surface area contributed by atoms with Crippen LogP contribution in [0.1, 0.15) is 26.7 Å². The Bertz CT molecular complexity index is 731. The van der Waals surface area contributed by atoms with Gasteiger partial charge in [-0.1, -0.05) is 19.4 Å². The van der Waals surface area contributed by atoms with Crippen LogP contribution in [0.4, 0.5) is 0 Å². The minimum absolute atomic E-state index is 0.0345. The Kier molecular flexibility index (Phi) is 5.04. The molecule has 0 unspecified atom stereocenters. The summed E-state index contributed by atoms with van der Waals surface area (Å²) in [5, 5.41) is 0.395. The van der Waals surface area contributed by atoms with Gasteiger partial charge in [0.15, 0.2) is 5.75 Å². The zero-order chi connectivity index (χ0) is 16.1. The fraction of sp³-hybridized carbons (Fsp3) is 0.375. The maximum atomic E-state index is 12.1. The van der Waals surface area contributed by atoms with Gasteiger partial charge in [0.2, 0.25) is 5.75 Å². The van der Waals surface area contributed by atoms with Crippen LogP contribution in [-0.2, 0) is 4.79 Å². The fourth-order valence-electron chi connectivity index (χ4n) is 2.03. The molecule has 0 amide bonds. The van der Waals surface area contributed by atoms with Crippen LogP contribution in [0, 0.1) is 0 Å². The number of methoxy groups -OCH3 is 1. The molecule has 6 nitrogen and oxygen atoms in total. The van der Waals surface area contributed by atoms with Crippen LogP contribution < -0.4 is 19.8 Å². The van der Waals surface area contributed by atoms with Gasteiger partial charge in [0.25, 0.3) is 0 Å². The second-order valence-corrected chi connectivity index (χ2v) is 4.68. The summed E-state index contributed by atoms with van der Waals surface area (Å²) in [6.07, 6.45) is 1.67. The van der Waals surface area contributed by atoms with E-state index in [1.165, 1.54) is 14.0 Å². The third-order valence-corrected chi connectivity index (χ3v) is 3.02. The Labute approximate surface area is 127 Å². The number of esters is 1. The molecule has 1 aromatic carbocycles. The van der Waals surface area contributed by atoms with E-state index < -0.39 is 11.6 Å². The van der Waals surface area contributed by atoms with E-state index in [2.05, 4.69) is 0 Å². The maximum absolute atomic E-state index is 12.1. The Balaban J connectivity index is 2.67. The molecule has 22 heavy (non-hydrogen) atoms. The second kappa shape index (κ2) is 6.98. The normalized spacial score (nSPS) is 10.5. The quantitative estimate of drug-likeness (QED) is 0.464. The number of hydrogen-bond acceptors (Lipinski definition) is 6. The molecule has 0 aliphatic rings. The van der Waals surface area contributed by atoms with E-state index in [-0.39, 0.29) is 17.1 Å². The molecule has 0 aliphatic heterocycles. The van der Waals surface area contributed by atoms with Crippen molar-refractivity contribution in [1.29, 1.82) is 0 Å². The first-order valence-electron chi connectivity index (χ1n) is 7.03. The topological polar surface area (TPSA) is 75.0 Å². The molecule has 0 atom stereocenters. The van der Waals surface area contributed by atoms with Gasteiger partial charge in [0.1, 0.15) is 16.7 Å². The molecule has 1 heterocycles. The molecular formula is C16H18O6. The molecule has 0 N–H and O–H groups in total. The van der Waals surface area contributed by atoms with Crippen LogP contribution in [0.25, 0.3) is 11.0 Å². The van der Waals surface area contributed by atoms with E-state index in [1.807, 2.05) is 6.92 Å². The summed E-state index contributed by atoms with van der Waals surface area (Å²) in [5.41, 5.74) is -0.420. The average Bonchev–Trinajstić information content (AvgIpc) is 2.48. The van der Waals surface area contributed by atoms with Crippen molar-refractivity contribution in [3.05, 3.63) is 28.6 Å². The summed E-state index contributed by atoms with van der Waals surface area (Å²) < 4.78 is 21.2. The van der Waals surface area contributed by atoms with Crippen LogP contribution >= 0.6 is 0 Å². The summed E-state index contributed by atoms with van der Waals surface area (Å²) in [6, 6.07) is 4.96. The number of rotatable bonds is 6. The predicted octanol–water partition coefficient (Wildman–Crippen LogP) is 2.91. The van der Waals surface area contributed by atoms with Crippen LogP contribution in [0.5, 0.6) is 17.2 Å². The lowest BCUT2D eigenvalue weighted by atomic mass is 10.2. The molecule has 118 valence electrons. The largest absolute Gasteiger partial charge is 0.496 e. The average molecular weight is 306 g/mol. The minimum Gasteiger partial charge on any atom is -0.496 e. The Morgan fingerprint density at radius 1 is 1.27 bits per heavy atom. The first-order valence-corrected chi connectivity index (χ1v) is 7.03. The third-order valence-electron chi connectivity index (χ3n) is 3.02. The second-order valence-electron chi connectivity index (χ2n) is 4.68. The van der Waals surface area contributed by atoms with Crippen LogP contribution in [0.2, 0.25) is 0 Å². The maximum Gasteiger partial charge on any atom is 0.383 e. The van der Waals surface area contributed by atoms with E-state index in [1.54, 1.807) is 18.2 Å². The van der Waals surface area contributed by atoms with Crippen molar-refractivity contribution in [3.8, 4) is 17.2 Å². The third kappa shape index (κ3) is 3.21. The van der Waals surface area contributed by atoms with Crippen LogP contribution in [0.3, 0.4) is 0 Å². The Morgan fingerprint density at radius 2 is 2.05 bits per heavy atom. The lowest BCUT2D eigenvalue weighted by Crippen LogP contribution is -2.13. The number of carbonyl (C=O) groups excluding carboxylic acids is 1. The molecule has 6 heteroatoms. The highest BCUT2D eigenvalue weighted by molar-refractivity contribution is 5.93. The van der Waals surface area contributed by atoms with Gasteiger partial charge < -0.3 is 18.6 Å². The summed E-state index contributed by atoms with van der Waals surface area (Å²) >= 11 is 0. The van der Waals surface area contributed by atoms with Crippen LogP contribution in [-0.4, -0.2) is 19.7 Å². The summed E-state index contributed by atoms with van der Waals surface area (Å²) in [6.45, 7) is 3.59. The molecule has 0 fully saturated rings. The van der Waals surface area contributed by atoms with E-state index >= 15 is 0 Å². The van der Waals surface area contributed by atoms with Gasteiger partial charge in [-0.05, 0) is 18.6 Å². The highest BCUT2D eigenvalue weighted by Crippen LogP contribution is 2.38. The van der Waals surface area contributed by atoms with Crippen molar-refractivity contribution in [2.75, 3.05) is 13.7 Å². The highest BCUT2D eigenvalue weighted by atomic mass is 16.6. The van der Waals surface area contributed by atoms with Crippen molar-refractivity contribution < 1.29 is 23.4 Å². The highest BCUT2D eigenvalue weighted by Gasteiger charge is 2.22. The van der Waals surface area contributed by atoms with Crippen molar-refractivity contribution in [2.24, 2.45) is 0 Å². The summed E-state index contributed by atoms with van der Waals surface area (Å²) in [5.74, 6) is -0.205. The number of carbonyl (C=O) groups is 1. The number of benzene rings is 1. The van der Waals surface area contributed by atoms with E-state index in [9.17, 15) is 9.59 Å². The molecule has 0 spiro atoms. The molecule has 0 radical (unpaired) electrons.